The number of sulfone groups is 1. The maximum atomic E-state index is 12.0. The first-order chi connectivity index (χ1) is 9.28. The molecular weight excluding hydrogens is 302 g/mol. The fourth-order valence-corrected chi connectivity index (χ4v) is 5.15. The Labute approximate surface area is 121 Å². The Bertz CT molecular complexity index is 528. The van der Waals surface area contributed by atoms with Crippen molar-refractivity contribution in [2.24, 2.45) is 0 Å². The molecule has 2 rings (SSSR count). The van der Waals surface area contributed by atoms with Crippen LogP contribution in [-0.2, 0) is 20.0 Å². The lowest BCUT2D eigenvalue weighted by molar-refractivity contribution is 0.437. The first-order valence-electron chi connectivity index (χ1n) is 6.96. The third-order valence-corrected chi connectivity index (χ3v) is 7.02. The second-order valence-corrected chi connectivity index (χ2v) is 9.66. The molecule has 0 radical (unpaired) electrons. The summed E-state index contributed by atoms with van der Waals surface area (Å²) in [7, 11) is -5.14. The molecule has 0 aromatic carbocycles. The van der Waals surface area contributed by atoms with Gasteiger partial charge in [0.05, 0.1) is 11.5 Å². The Hall–Kier alpha value is -0.220. The predicted molar refractivity (Wildman–Crippen MR) is 77.4 cm³/mol. The largest absolute Gasteiger partial charge is 0.314 e. The molecule has 0 amide bonds. The van der Waals surface area contributed by atoms with Gasteiger partial charge in [0.1, 0.15) is 0 Å². The topological polar surface area (TPSA) is 95.6 Å². The van der Waals surface area contributed by atoms with Crippen LogP contribution in [0.3, 0.4) is 0 Å². The monoisotopic (exact) mass is 325 g/mol. The van der Waals surface area contributed by atoms with Crippen LogP contribution < -0.4 is 10.0 Å². The average molecular weight is 325 g/mol. The summed E-state index contributed by atoms with van der Waals surface area (Å²) >= 11 is 0. The second-order valence-electron chi connectivity index (χ2n) is 5.63. The highest BCUT2D eigenvalue weighted by atomic mass is 32.2. The Morgan fingerprint density at radius 2 is 1.90 bits per heavy atom. The van der Waals surface area contributed by atoms with Crippen molar-refractivity contribution in [3.63, 3.8) is 0 Å². The van der Waals surface area contributed by atoms with E-state index in [-0.39, 0.29) is 11.5 Å². The molecule has 2 N–H and O–H groups in total. The zero-order valence-corrected chi connectivity index (χ0v) is 13.3. The standard InChI is InChI=1S/C11H23N3O4S2/c1-14(7-2-6-12-10-3-4-10)20(17,18)13-11-5-8-19(15,16)9-11/h10-13H,2-9H2,1H3. The third-order valence-electron chi connectivity index (χ3n) is 3.62. The van der Waals surface area contributed by atoms with Crippen molar-refractivity contribution in [2.45, 2.75) is 37.8 Å². The molecule has 1 saturated heterocycles. The van der Waals surface area contributed by atoms with Crippen molar-refractivity contribution in [3.05, 3.63) is 0 Å². The summed E-state index contributed by atoms with van der Waals surface area (Å²) in [6, 6.07) is 0.135. The molecule has 118 valence electrons. The van der Waals surface area contributed by atoms with Gasteiger partial charge in [0.25, 0.3) is 10.2 Å². The molecule has 7 nitrogen and oxygen atoms in total. The number of nitrogens with one attached hydrogen (secondary N) is 2. The zero-order chi connectivity index (χ0) is 14.8. The quantitative estimate of drug-likeness (QED) is 0.563. The van der Waals surface area contributed by atoms with Gasteiger partial charge in [-0.05, 0) is 32.2 Å². The highest BCUT2D eigenvalue weighted by molar-refractivity contribution is 7.91. The van der Waals surface area contributed by atoms with Gasteiger partial charge in [-0.3, -0.25) is 0 Å². The summed E-state index contributed by atoms with van der Waals surface area (Å²) in [4.78, 5) is 0. The van der Waals surface area contributed by atoms with Crippen LogP contribution in [0.25, 0.3) is 0 Å². The minimum absolute atomic E-state index is 0.0647. The Morgan fingerprint density at radius 1 is 1.20 bits per heavy atom. The predicted octanol–water partition coefficient (Wildman–Crippen LogP) is -0.918. The number of hydrogen-bond donors (Lipinski definition) is 2. The van der Waals surface area contributed by atoms with Gasteiger partial charge >= 0.3 is 0 Å². The molecule has 0 aromatic heterocycles. The molecule has 0 spiro atoms. The van der Waals surface area contributed by atoms with Crippen molar-refractivity contribution in [1.82, 2.24) is 14.3 Å². The molecule has 1 saturated carbocycles. The lowest BCUT2D eigenvalue weighted by Crippen LogP contribution is -2.44. The molecule has 1 unspecified atom stereocenters. The van der Waals surface area contributed by atoms with Crippen LogP contribution in [0.4, 0.5) is 0 Å². The van der Waals surface area contributed by atoms with Crippen molar-refractivity contribution in [2.75, 3.05) is 31.6 Å². The minimum Gasteiger partial charge on any atom is -0.314 e. The molecule has 1 aliphatic heterocycles. The lowest BCUT2D eigenvalue weighted by atomic mass is 10.3. The fraction of sp³-hybridized carbons (Fsp3) is 1.00. The highest BCUT2D eigenvalue weighted by Crippen LogP contribution is 2.18. The first kappa shape index (κ1) is 16.2. The van der Waals surface area contributed by atoms with Crippen molar-refractivity contribution < 1.29 is 16.8 Å². The minimum atomic E-state index is -3.59. The van der Waals surface area contributed by atoms with Crippen LogP contribution in [0.2, 0.25) is 0 Å². The van der Waals surface area contributed by atoms with Crippen molar-refractivity contribution in [3.8, 4) is 0 Å². The summed E-state index contributed by atoms with van der Waals surface area (Å²) in [5.41, 5.74) is 0. The Kier molecular flexibility index (Phi) is 5.06. The van der Waals surface area contributed by atoms with E-state index in [1.165, 1.54) is 24.2 Å². The van der Waals surface area contributed by atoms with Crippen LogP contribution in [0, 0.1) is 0 Å². The van der Waals surface area contributed by atoms with E-state index in [1.54, 1.807) is 0 Å². The molecular formula is C11H23N3O4S2. The zero-order valence-electron chi connectivity index (χ0n) is 11.7. The normalized spacial score (nSPS) is 26.2. The number of nitrogens with zero attached hydrogens (tertiary/aromatic N) is 1. The van der Waals surface area contributed by atoms with Crippen LogP contribution in [0.1, 0.15) is 25.7 Å². The Balaban J connectivity index is 1.73. The molecule has 0 aromatic rings. The van der Waals surface area contributed by atoms with Gasteiger partial charge in [0, 0.05) is 25.7 Å². The molecule has 0 bridgehead atoms. The van der Waals surface area contributed by atoms with Gasteiger partial charge in [-0.2, -0.15) is 17.4 Å². The summed E-state index contributed by atoms with van der Waals surface area (Å²) in [6.07, 6.45) is 3.53. The van der Waals surface area contributed by atoms with E-state index in [2.05, 4.69) is 10.0 Å². The number of hydrogen-bond acceptors (Lipinski definition) is 5. The van der Waals surface area contributed by atoms with Crippen LogP contribution >= 0.6 is 0 Å². The van der Waals surface area contributed by atoms with E-state index in [4.69, 9.17) is 0 Å². The summed E-state index contributed by atoms with van der Waals surface area (Å²) in [6.45, 7) is 1.23. The van der Waals surface area contributed by atoms with Crippen molar-refractivity contribution in [1.29, 1.82) is 0 Å². The summed E-state index contributed by atoms with van der Waals surface area (Å²) in [5, 5.41) is 3.33. The van der Waals surface area contributed by atoms with Gasteiger partial charge in [0.2, 0.25) is 0 Å². The third kappa shape index (κ3) is 4.96. The molecule has 9 heteroatoms. The smallest absolute Gasteiger partial charge is 0.279 e. The van der Waals surface area contributed by atoms with E-state index in [0.717, 1.165) is 13.0 Å². The van der Waals surface area contributed by atoms with Gasteiger partial charge in [0.15, 0.2) is 9.84 Å². The van der Waals surface area contributed by atoms with Gasteiger partial charge < -0.3 is 5.32 Å². The van der Waals surface area contributed by atoms with E-state index in [1.807, 2.05) is 0 Å². The van der Waals surface area contributed by atoms with E-state index < -0.39 is 26.1 Å². The van der Waals surface area contributed by atoms with E-state index in [9.17, 15) is 16.8 Å². The molecule has 2 fully saturated rings. The van der Waals surface area contributed by atoms with Crippen LogP contribution in [0.5, 0.6) is 0 Å². The molecule has 1 aliphatic carbocycles. The van der Waals surface area contributed by atoms with Gasteiger partial charge in [-0.1, -0.05) is 0 Å². The average Bonchev–Trinajstić information content (AvgIpc) is 3.09. The fourth-order valence-electron chi connectivity index (χ4n) is 2.20. The maximum Gasteiger partial charge on any atom is 0.279 e. The van der Waals surface area contributed by atoms with Crippen molar-refractivity contribution >= 4 is 20.0 Å². The van der Waals surface area contributed by atoms with E-state index >= 15 is 0 Å². The first-order valence-corrected chi connectivity index (χ1v) is 10.2. The van der Waals surface area contributed by atoms with E-state index in [0.29, 0.717) is 19.0 Å². The van der Waals surface area contributed by atoms with Crippen LogP contribution in [0.15, 0.2) is 0 Å². The summed E-state index contributed by atoms with van der Waals surface area (Å²) in [5.74, 6) is -0.0293. The van der Waals surface area contributed by atoms with Crippen LogP contribution in [-0.4, -0.2) is 64.9 Å². The molecule has 20 heavy (non-hydrogen) atoms. The maximum absolute atomic E-state index is 12.0. The number of rotatable bonds is 8. The molecule has 1 atom stereocenters. The Morgan fingerprint density at radius 3 is 2.45 bits per heavy atom. The van der Waals surface area contributed by atoms with Gasteiger partial charge in [-0.25, -0.2) is 8.42 Å². The molecule has 1 heterocycles. The van der Waals surface area contributed by atoms with Gasteiger partial charge in [-0.15, -0.1) is 0 Å². The highest BCUT2D eigenvalue weighted by Gasteiger charge is 2.32. The second kappa shape index (κ2) is 6.27. The summed E-state index contributed by atoms with van der Waals surface area (Å²) < 4.78 is 50.4. The SMILES string of the molecule is CN(CCCNC1CC1)S(=O)(=O)NC1CCS(=O)(=O)C1. The lowest BCUT2D eigenvalue weighted by Gasteiger charge is -2.20. The molecule has 2 aliphatic rings.